The SMILES string of the molecule is CCCC1CCC(OC(=O)c2ccc(OCC)c(F)c2F)CC1. The van der Waals surface area contributed by atoms with Gasteiger partial charge in [-0.05, 0) is 50.7 Å². The van der Waals surface area contributed by atoms with Crippen LogP contribution in [0.3, 0.4) is 0 Å². The molecule has 1 aromatic carbocycles. The first-order chi connectivity index (χ1) is 11.1. The fraction of sp³-hybridized carbons (Fsp3) is 0.611. The van der Waals surface area contributed by atoms with E-state index in [0.29, 0.717) is 5.92 Å². The fourth-order valence-corrected chi connectivity index (χ4v) is 3.12. The molecule has 2 rings (SSSR count). The second kappa shape index (κ2) is 8.27. The van der Waals surface area contributed by atoms with E-state index < -0.39 is 17.6 Å². The quantitative estimate of drug-likeness (QED) is 0.699. The third-order valence-electron chi connectivity index (χ3n) is 4.33. The van der Waals surface area contributed by atoms with Crippen LogP contribution < -0.4 is 4.74 Å². The zero-order chi connectivity index (χ0) is 16.8. The fourth-order valence-electron chi connectivity index (χ4n) is 3.12. The lowest BCUT2D eigenvalue weighted by Crippen LogP contribution is -2.25. The Hall–Kier alpha value is -1.65. The molecule has 1 aliphatic carbocycles. The van der Waals surface area contributed by atoms with E-state index in [1.165, 1.54) is 18.6 Å². The van der Waals surface area contributed by atoms with Gasteiger partial charge < -0.3 is 9.47 Å². The van der Waals surface area contributed by atoms with E-state index >= 15 is 0 Å². The van der Waals surface area contributed by atoms with Gasteiger partial charge in [-0.25, -0.2) is 9.18 Å². The van der Waals surface area contributed by atoms with Crippen LogP contribution in [-0.4, -0.2) is 18.7 Å². The minimum Gasteiger partial charge on any atom is -0.491 e. The molecular formula is C18H24F2O3. The number of ether oxygens (including phenoxy) is 2. The van der Waals surface area contributed by atoms with Gasteiger partial charge in [0.25, 0.3) is 0 Å². The zero-order valence-electron chi connectivity index (χ0n) is 13.7. The van der Waals surface area contributed by atoms with Crippen molar-refractivity contribution in [3.8, 4) is 5.75 Å². The first kappa shape index (κ1) is 17.7. The highest BCUT2D eigenvalue weighted by Crippen LogP contribution is 2.30. The van der Waals surface area contributed by atoms with Gasteiger partial charge in [-0.3, -0.25) is 0 Å². The van der Waals surface area contributed by atoms with Crippen LogP contribution in [0.25, 0.3) is 0 Å². The number of halogens is 2. The third kappa shape index (κ3) is 4.43. The number of benzene rings is 1. The van der Waals surface area contributed by atoms with Crippen molar-refractivity contribution in [3.05, 3.63) is 29.3 Å². The molecule has 0 bridgehead atoms. The summed E-state index contributed by atoms with van der Waals surface area (Å²) in [4.78, 5) is 12.1. The Kier molecular flexibility index (Phi) is 6.37. The van der Waals surface area contributed by atoms with Gasteiger partial charge in [0.05, 0.1) is 12.2 Å². The normalized spacial score (nSPS) is 21.0. The van der Waals surface area contributed by atoms with Crippen molar-refractivity contribution < 1.29 is 23.0 Å². The summed E-state index contributed by atoms with van der Waals surface area (Å²) in [7, 11) is 0. The Morgan fingerprint density at radius 2 is 1.83 bits per heavy atom. The number of rotatable bonds is 6. The first-order valence-corrected chi connectivity index (χ1v) is 8.38. The highest BCUT2D eigenvalue weighted by Gasteiger charge is 2.26. The van der Waals surface area contributed by atoms with Crippen molar-refractivity contribution in [1.29, 1.82) is 0 Å². The second-order valence-corrected chi connectivity index (χ2v) is 6.01. The Bertz CT molecular complexity index is 537. The van der Waals surface area contributed by atoms with Crippen LogP contribution in [0.1, 0.15) is 62.7 Å². The molecule has 128 valence electrons. The summed E-state index contributed by atoms with van der Waals surface area (Å²) >= 11 is 0. The van der Waals surface area contributed by atoms with Crippen LogP contribution in [0.5, 0.6) is 5.75 Å². The third-order valence-corrected chi connectivity index (χ3v) is 4.33. The van der Waals surface area contributed by atoms with Crippen molar-refractivity contribution >= 4 is 5.97 Å². The maximum absolute atomic E-state index is 14.0. The smallest absolute Gasteiger partial charge is 0.341 e. The van der Waals surface area contributed by atoms with E-state index in [2.05, 4.69) is 6.92 Å². The monoisotopic (exact) mass is 326 g/mol. The average Bonchev–Trinajstić information content (AvgIpc) is 2.54. The van der Waals surface area contributed by atoms with Gasteiger partial charge in [-0.2, -0.15) is 4.39 Å². The highest BCUT2D eigenvalue weighted by atomic mass is 19.2. The van der Waals surface area contributed by atoms with Gasteiger partial charge in [-0.1, -0.05) is 19.8 Å². The Labute approximate surface area is 136 Å². The van der Waals surface area contributed by atoms with Crippen molar-refractivity contribution in [2.75, 3.05) is 6.61 Å². The lowest BCUT2D eigenvalue weighted by molar-refractivity contribution is 0.0155. The van der Waals surface area contributed by atoms with Gasteiger partial charge in [0.15, 0.2) is 11.6 Å². The van der Waals surface area contributed by atoms with E-state index in [-0.39, 0.29) is 24.0 Å². The Balaban J connectivity index is 1.98. The van der Waals surface area contributed by atoms with Crippen molar-refractivity contribution in [1.82, 2.24) is 0 Å². The lowest BCUT2D eigenvalue weighted by Gasteiger charge is -2.28. The van der Waals surface area contributed by atoms with Gasteiger partial charge in [-0.15, -0.1) is 0 Å². The van der Waals surface area contributed by atoms with E-state index in [1.807, 2.05) is 0 Å². The predicted octanol–water partition coefficient (Wildman–Crippen LogP) is 4.88. The molecule has 1 aliphatic rings. The maximum atomic E-state index is 14.0. The van der Waals surface area contributed by atoms with Crippen LogP contribution in [0.4, 0.5) is 8.78 Å². The predicted molar refractivity (Wildman–Crippen MR) is 83.6 cm³/mol. The largest absolute Gasteiger partial charge is 0.491 e. The van der Waals surface area contributed by atoms with Crippen molar-refractivity contribution in [3.63, 3.8) is 0 Å². The Morgan fingerprint density at radius 1 is 1.13 bits per heavy atom. The number of carbonyl (C=O) groups excluding carboxylic acids is 1. The van der Waals surface area contributed by atoms with E-state index in [9.17, 15) is 13.6 Å². The molecule has 1 fully saturated rings. The summed E-state index contributed by atoms with van der Waals surface area (Å²) in [5.41, 5.74) is -0.373. The zero-order valence-corrected chi connectivity index (χ0v) is 13.7. The first-order valence-electron chi connectivity index (χ1n) is 8.38. The lowest BCUT2D eigenvalue weighted by atomic mass is 9.85. The van der Waals surface area contributed by atoms with E-state index in [1.54, 1.807) is 6.92 Å². The van der Waals surface area contributed by atoms with Gasteiger partial charge in [0.2, 0.25) is 5.82 Å². The highest BCUT2D eigenvalue weighted by molar-refractivity contribution is 5.90. The summed E-state index contributed by atoms with van der Waals surface area (Å²) in [5.74, 6) is -2.66. The molecule has 0 amide bonds. The summed E-state index contributed by atoms with van der Waals surface area (Å²) in [6.45, 7) is 4.06. The van der Waals surface area contributed by atoms with Gasteiger partial charge in [0.1, 0.15) is 6.10 Å². The molecule has 0 spiro atoms. The molecule has 23 heavy (non-hydrogen) atoms. The molecule has 1 saturated carbocycles. The molecule has 0 unspecified atom stereocenters. The average molecular weight is 326 g/mol. The molecular weight excluding hydrogens is 302 g/mol. The van der Waals surface area contributed by atoms with Crippen LogP contribution in [0, 0.1) is 17.6 Å². The molecule has 0 aromatic heterocycles. The van der Waals surface area contributed by atoms with Gasteiger partial charge in [0, 0.05) is 0 Å². The molecule has 0 N–H and O–H groups in total. The minimum absolute atomic E-state index is 0.193. The summed E-state index contributed by atoms with van der Waals surface area (Å²) in [5, 5.41) is 0. The summed E-state index contributed by atoms with van der Waals surface area (Å²) in [6.07, 6.45) is 5.77. The number of hydrogen-bond donors (Lipinski definition) is 0. The maximum Gasteiger partial charge on any atom is 0.341 e. The number of esters is 1. The van der Waals surface area contributed by atoms with Crippen molar-refractivity contribution in [2.24, 2.45) is 5.92 Å². The molecule has 5 heteroatoms. The molecule has 0 aliphatic heterocycles. The number of hydrogen-bond acceptors (Lipinski definition) is 3. The second-order valence-electron chi connectivity index (χ2n) is 6.01. The van der Waals surface area contributed by atoms with Crippen LogP contribution in [0.2, 0.25) is 0 Å². The Morgan fingerprint density at radius 3 is 2.43 bits per heavy atom. The van der Waals surface area contributed by atoms with E-state index in [0.717, 1.165) is 32.1 Å². The molecule has 0 radical (unpaired) electrons. The topological polar surface area (TPSA) is 35.5 Å². The van der Waals surface area contributed by atoms with Gasteiger partial charge >= 0.3 is 5.97 Å². The molecule has 1 aromatic rings. The standard InChI is InChI=1S/C18H24F2O3/c1-3-5-12-6-8-13(9-7-12)23-18(21)14-10-11-15(22-4-2)17(20)16(14)19/h10-13H,3-9H2,1-2H3. The van der Waals surface area contributed by atoms with Crippen LogP contribution in [-0.2, 0) is 4.74 Å². The van der Waals surface area contributed by atoms with Crippen molar-refractivity contribution in [2.45, 2.75) is 58.5 Å². The number of carbonyl (C=O) groups is 1. The van der Waals surface area contributed by atoms with Crippen LogP contribution in [0.15, 0.2) is 12.1 Å². The van der Waals surface area contributed by atoms with Crippen LogP contribution >= 0.6 is 0 Å². The molecule has 0 saturated heterocycles. The van der Waals surface area contributed by atoms with E-state index in [4.69, 9.17) is 9.47 Å². The molecule has 0 atom stereocenters. The minimum atomic E-state index is -1.21. The molecule has 0 heterocycles. The molecule has 3 nitrogen and oxygen atoms in total. The summed E-state index contributed by atoms with van der Waals surface area (Å²) < 4.78 is 38.1. The summed E-state index contributed by atoms with van der Waals surface area (Å²) in [6, 6.07) is 2.48.